The lowest BCUT2D eigenvalue weighted by Crippen LogP contribution is -2.11. The first-order valence-electron chi connectivity index (χ1n) is 4.89. The van der Waals surface area contributed by atoms with Gasteiger partial charge in [-0.25, -0.2) is 4.79 Å². The highest BCUT2D eigenvalue weighted by Gasteiger charge is 2.17. The summed E-state index contributed by atoms with van der Waals surface area (Å²) in [4.78, 5) is 21.6. The maximum absolute atomic E-state index is 11.0. The molecule has 2 N–H and O–H groups in total. The summed E-state index contributed by atoms with van der Waals surface area (Å²) in [6.45, 7) is 1.38. The van der Waals surface area contributed by atoms with Gasteiger partial charge in [-0.05, 0) is 24.1 Å². The second kappa shape index (κ2) is 5.23. The van der Waals surface area contributed by atoms with Crippen LogP contribution in [-0.2, 0) is 16.0 Å². The van der Waals surface area contributed by atoms with E-state index < -0.39 is 12.1 Å². The molecule has 0 heterocycles. The molecular formula is C12H11NO4. The molecule has 1 atom stereocenters. The number of aliphatic carboxylic acids is 1. The number of aliphatic hydroxyl groups is 1. The Labute approximate surface area is 97.9 Å². The molecule has 1 unspecified atom stereocenters. The summed E-state index contributed by atoms with van der Waals surface area (Å²) >= 11 is 0. The number of nitriles is 1. The van der Waals surface area contributed by atoms with Crippen molar-refractivity contribution in [3.63, 3.8) is 0 Å². The highest BCUT2D eigenvalue weighted by molar-refractivity contribution is 5.79. The van der Waals surface area contributed by atoms with Crippen LogP contribution in [0.4, 0.5) is 0 Å². The molecule has 0 bridgehead atoms. The second-order valence-corrected chi connectivity index (χ2v) is 3.65. The van der Waals surface area contributed by atoms with Gasteiger partial charge >= 0.3 is 5.97 Å². The van der Waals surface area contributed by atoms with Gasteiger partial charge in [0.05, 0.1) is 11.6 Å². The van der Waals surface area contributed by atoms with Gasteiger partial charge in [-0.15, -0.1) is 0 Å². The minimum atomic E-state index is -1.64. The van der Waals surface area contributed by atoms with Crippen LogP contribution in [0, 0.1) is 11.3 Å². The van der Waals surface area contributed by atoms with Crippen molar-refractivity contribution in [3.8, 4) is 6.07 Å². The molecule has 0 spiro atoms. The van der Waals surface area contributed by atoms with Crippen LogP contribution in [0.1, 0.15) is 29.7 Å². The Balaban J connectivity index is 3.18. The van der Waals surface area contributed by atoms with E-state index in [1.165, 1.54) is 25.1 Å². The molecule has 1 aromatic rings. The summed E-state index contributed by atoms with van der Waals surface area (Å²) in [6.07, 6.45) is -1.60. The standard InChI is InChI=1S/C12H11NO4/c1-7(14)4-10-5-8(11(15)12(16)17)2-3-9(10)6-13/h2-3,5,11,15H,4H2,1H3,(H,16,17). The molecule has 5 heteroatoms. The Hall–Kier alpha value is -2.19. The van der Waals surface area contributed by atoms with Gasteiger partial charge < -0.3 is 10.2 Å². The number of carbonyl (C=O) groups is 2. The number of carbonyl (C=O) groups excluding carboxylic acids is 1. The van der Waals surface area contributed by atoms with Crippen molar-refractivity contribution in [1.82, 2.24) is 0 Å². The molecule has 0 amide bonds. The number of Topliss-reactive ketones (excluding diaryl/α,β-unsaturated/α-hetero) is 1. The maximum Gasteiger partial charge on any atom is 0.337 e. The van der Waals surface area contributed by atoms with E-state index in [1.54, 1.807) is 0 Å². The van der Waals surface area contributed by atoms with Gasteiger partial charge in [-0.3, -0.25) is 4.79 Å². The van der Waals surface area contributed by atoms with E-state index in [9.17, 15) is 14.7 Å². The summed E-state index contributed by atoms with van der Waals surface area (Å²) in [7, 11) is 0. The minimum Gasteiger partial charge on any atom is -0.479 e. The molecule has 0 aliphatic carbocycles. The third kappa shape index (κ3) is 3.13. The van der Waals surface area contributed by atoms with Crippen LogP contribution in [-0.4, -0.2) is 22.0 Å². The number of rotatable bonds is 4. The fourth-order valence-electron chi connectivity index (χ4n) is 1.45. The van der Waals surface area contributed by atoms with Crippen molar-refractivity contribution < 1.29 is 19.8 Å². The van der Waals surface area contributed by atoms with Gasteiger partial charge in [0, 0.05) is 6.42 Å². The zero-order chi connectivity index (χ0) is 13.0. The molecule has 0 aromatic heterocycles. The monoisotopic (exact) mass is 233 g/mol. The van der Waals surface area contributed by atoms with Gasteiger partial charge in [0.15, 0.2) is 6.10 Å². The number of ketones is 1. The van der Waals surface area contributed by atoms with Crippen LogP contribution >= 0.6 is 0 Å². The Morgan fingerprint density at radius 1 is 1.47 bits per heavy atom. The Morgan fingerprint density at radius 3 is 2.59 bits per heavy atom. The van der Waals surface area contributed by atoms with Gasteiger partial charge in [0.25, 0.3) is 0 Å². The van der Waals surface area contributed by atoms with E-state index in [-0.39, 0.29) is 17.8 Å². The third-order valence-corrected chi connectivity index (χ3v) is 2.24. The number of carboxylic acid groups (broad SMARTS) is 1. The first kappa shape index (κ1) is 12.9. The normalized spacial score (nSPS) is 11.6. The van der Waals surface area contributed by atoms with E-state index in [1.807, 2.05) is 6.07 Å². The molecule has 0 aliphatic heterocycles. The lowest BCUT2D eigenvalue weighted by atomic mass is 9.98. The summed E-state index contributed by atoms with van der Waals surface area (Å²) in [6, 6.07) is 6.05. The lowest BCUT2D eigenvalue weighted by molar-refractivity contribution is -0.146. The number of hydrogen-bond donors (Lipinski definition) is 2. The highest BCUT2D eigenvalue weighted by atomic mass is 16.4. The second-order valence-electron chi connectivity index (χ2n) is 3.65. The molecule has 0 radical (unpaired) electrons. The van der Waals surface area contributed by atoms with Crippen LogP contribution in [0.3, 0.4) is 0 Å². The van der Waals surface area contributed by atoms with Gasteiger partial charge in [0.1, 0.15) is 5.78 Å². The van der Waals surface area contributed by atoms with Crippen LogP contribution in [0.15, 0.2) is 18.2 Å². The Morgan fingerprint density at radius 2 is 2.12 bits per heavy atom. The molecule has 0 saturated heterocycles. The van der Waals surface area contributed by atoms with E-state index in [0.717, 1.165) is 0 Å². The van der Waals surface area contributed by atoms with E-state index >= 15 is 0 Å². The molecule has 17 heavy (non-hydrogen) atoms. The predicted octanol–water partition coefficient (Wildman–Crippen LogP) is 0.808. The first-order chi connectivity index (χ1) is 7.95. The molecule has 0 fully saturated rings. The fraction of sp³-hybridized carbons (Fsp3) is 0.250. The highest BCUT2D eigenvalue weighted by Crippen LogP contribution is 2.18. The quantitative estimate of drug-likeness (QED) is 0.801. The van der Waals surface area contributed by atoms with E-state index in [4.69, 9.17) is 10.4 Å². The Bertz CT molecular complexity index is 502. The summed E-state index contributed by atoms with van der Waals surface area (Å²) in [5.41, 5.74) is 0.895. The average Bonchev–Trinajstić information content (AvgIpc) is 2.27. The number of aliphatic hydroxyl groups excluding tert-OH is 1. The van der Waals surface area contributed by atoms with E-state index in [2.05, 4.69) is 0 Å². The van der Waals surface area contributed by atoms with Crippen LogP contribution in [0.2, 0.25) is 0 Å². The van der Waals surface area contributed by atoms with Crippen molar-refractivity contribution in [3.05, 3.63) is 34.9 Å². The maximum atomic E-state index is 11.0. The number of carboxylic acids is 1. The van der Waals surface area contributed by atoms with Crippen LogP contribution in [0.25, 0.3) is 0 Å². The largest absolute Gasteiger partial charge is 0.479 e. The number of nitrogens with zero attached hydrogens (tertiary/aromatic N) is 1. The van der Waals surface area contributed by atoms with Crippen molar-refractivity contribution in [2.45, 2.75) is 19.4 Å². The van der Waals surface area contributed by atoms with Crippen molar-refractivity contribution in [2.24, 2.45) is 0 Å². The minimum absolute atomic E-state index is 0.0447. The van der Waals surface area contributed by atoms with Gasteiger partial charge in [-0.2, -0.15) is 5.26 Å². The predicted molar refractivity (Wildman–Crippen MR) is 58.1 cm³/mol. The molecule has 88 valence electrons. The number of benzene rings is 1. The van der Waals surface area contributed by atoms with Gasteiger partial charge in [0.2, 0.25) is 0 Å². The molecular weight excluding hydrogens is 222 g/mol. The zero-order valence-electron chi connectivity index (χ0n) is 9.17. The van der Waals surface area contributed by atoms with Crippen molar-refractivity contribution >= 4 is 11.8 Å². The van der Waals surface area contributed by atoms with Crippen LogP contribution in [0.5, 0.6) is 0 Å². The van der Waals surface area contributed by atoms with Crippen molar-refractivity contribution in [2.75, 3.05) is 0 Å². The number of hydrogen-bond acceptors (Lipinski definition) is 4. The van der Waals surface area contributed by atoms with Crippen molar-refractivity contribution in [1.29, 1.82) is 5.26 Å². The smallest absolute Gasteiger partial charge is 0.337 e. The summed E-state index contributed by atoms with van der Waals surface area (Å²) in [5.74, 6) is -1.51. The molecule has 1 aromatic carbocycles. The molecule has 0 aliphatic rings. The third-order valence-electron chi connectivity index (χ3n) is 2.24. The molecule has 0 saturated carbocycles. The molecule has 5 nitrogen and oxygen atoms in total. The SMILES string of the molecule is CC(=O)Cc1cc(C(O)C(=O)O)ccc1C#N. The van der Waals surface area contributed by atoms with E-state index in [0.29, 0.717) is 11.1 Å². The topological polar surface area (TPSA) is 98.4 Å². The van der Waals surface area contributed by atoms with Gasteiger partial charge in [-0.1, -0.05) is 12.1 Å². The summed E-state index contributed by atoms with van der Waals surface area (Å²) < 4.78 is 0. The molecule has 1 rings (SSSR count). The lowest BCUT2D eigenvalue weighted by Gasteiger charge is -2.08. The summed E-state index contributed by atoms with van der Waals surface area (Å²) in [5, 5.41) is 26.8. The first-order valence-corrected chi connectivity index (χ1v) is 4.89. The van der Waals surface area contributed by atoms with Crippen LogP contribution < -0.4 is 0 Å². The zero-order valence-corrected chi connectivity index (χ0v) is 9.17. The fourth-order valence-corrected chi connectivity index (χ4v) is 1.45. The average molecular weight is 233 g/mol. The Kier molecular flexibility index (Phi) is 3.96.